The number of ether oxygens (including phenoxy) is 1. The van der Waals surface area contributed by atoms with Gasteiger partial charge in [-0.1, -0.05) is 34.8 Å². The highest BCUT2D eigenvalue weighted by molar-refractivity contribution is 6.36. The lowest BCUT2D eigenvalue weighted by Gasteiger charge is -2.14. The monoisotopic (exact) mass is 388 g/mol. The molecule has 0 radical (unpaired) electrons. The van der Waals surface area contributed by atoms with Crippen molar-refractivity contribution in [2.75, 3.05) is 5.32 Å². The molecule has 0 saturated carbocycles. The number of aromatic hydroxyl groups is 1. The van der Waals surface area contributed by atoms with Crippen LogP contribution in [0, 0.1) is 0 Å². The minimum atomic E-state index is -1.15. The van der Waals surface area contributed by atoms with Crippen molar-refractivity contribution in [3.63, 3.8) is 0 Å². The molecular weight excluding hydrogens is 379 g/mol. The van der Waals surface area contributed by atoms with Gasteiger partial charge in [0.25, 0.3) is 5.91 Å². The predicted molar refractivity (Wildman–Crippen MR) is 90.9 cm³/mol. The molecule has 126 valence electrons. The van der Waals surface area contributed by atoms with Crippen LogP contribution in [-0.4, -0.2) is 28.1 Å². The van der Waals surface area contributed by atoms with Gasteiger partial charge in [0.2, 0.25) is 0 Å². The molecule has 1 amide bonds. The SMILES string of the molecule is C[C@H](OC(=O)c1ccc(Cl)cc1O)C(=O)Nc1ncc(Cl)cc1Cl. The Bertz CT molecular complexity index is 798. The van der Waals surface area contributed by atoms with Crippen molar-refractivity contribution in [2.24, 2.45) is 0 Å². The van der Waals surface area contributed by atoms with Crippen LogP contribution in [0.4, 0.5) is 5.82 Å². The van der Waals surface area contributed by atoms with E-state index in [1.54, 1.807) is 0 Å². The summed E-state index contributed by atoms with van der Waals surface area (Å²) in [5.41, 5.74) is -0.110. The number of nitrogens with zero attached hydrogens (tertiary/aromatic N) is 1. The smallest absolute Gasteiger partial charge is 0.342 e. The predicted octanol–water partition coefficient (Wildman–Crippen LogP) is 3.93. The Labute approximate surface area is 152 Å². The number of nitrogens with one attached hydrogen (secondary N) is 1. The number of benzene rings is 1. The molecule has 0 saturated heterocycles. The van der Waals surface area contributed by atoms with Gasteiger partial charge in [-0.3, -0.25) is 4.79 Å². The summed E-state index contributed by atoms with van der Waals surface area (Å²) in [6, 6.07) is 5.32. The average Bonchev–Trinajstić information content (AvgIpc) is 2.49. The first kappa shape index (κ1) is 18.3. The summed E-state index contributed by atoms with van der Waals surface area (Å²) in [7, 11) is 0. The first-order chi connectivity index (χ1) is 11.3. The molecule has 0 bridgehead atoms. The number of hydrogen-bond acceptors (Lipinski definition) is 5. The molecule has 9 heteroatoms. The molecule has 0 unspecified atom stereocenters. The Balaban J connectivity index is 2.04. The summed E-state index contributed by atoms with van der Waals surface area (Å²) in [4.78, 5) is 27.9. The second kappa shape index (κ2) is 7.70. The quantitative estimate of drug-likeness (QED) is 0.773. The number of carbonyl (C=O) groups excluding carboxylic acids is 2. The number of phenols is 1. The lowest BCUT2D eigenvalue weighted by molar-refractivity contribution is -0.123. The minimum absolute atomic E-state index is 0.0864. The molecule has 1 atom stereocenters. The molecule has 0 aliphatic heterocycles. The zero-order valence-corrected chi connectivity index (χ0v) is 14.5. The Hall–Kier alpha value is -2.02. The number of amides is 1. The molecule has 2 N–H and O–H groups in total. The molecule has 1 aromatic carbocycles. The summed E-state index contributed by atoms with van der Waals surface area (Å²) in [5.74, 6) is -1.78. The van der Waals surface area contributed by atoms with Crippen molar-refractivity contribution < 1.29 is 19.4 Å². The number of phenolic OH excluding ortho intramolecular Hbond substituents is 1. The molecule has 0 spiro atoms. The normalized spacial score (nSPS) is 11.7. The van der Waals surface area contributed by atoms with Crippen molar-refractivity contribution in [1.82, 2.24) is 4.98 Å². The molecule has 2 aromatic rings. The van der Waals surface area contributed by atoms with E-state index in [4.69, 9.17) is 39.5 Å². The van der Waals surface area contributed by atoms with E-state index < -0.39 is 18.0 Å². The topological polar surface area (TPSA) is 88.5 Å². The van der Waals surface area contributed by atoms with E-state index in [0.29, 0.717) is 5.02 Å². The first-order valence-corrected chi connectivity index (χ1v) is 7.72. The van der Waals surface area contributed by atoms with Gasteiger partial charge >= 0.3 is 5.97 Å². The van der Waals surface area contributed by atoms with Gasteiger partial charge in [0.1, 0.15) is 11.3 Å². The van der Waals surface area contributed by atoms with Gasteiger partial charge in [0.15, 0.2) is 11.9 Å². The summed E-state index contributed by atoms with van der Waals surface area (Å²) < 4.78 is 5.00. The molecule has 2 rings (SSSR count). The third-order valence-corrected chi connectivity index (χ3v) is 3.61. The maximum atomic E-state index is 12.1. The van der Waals surface area contributed by atoms with Crippen LogP contribution < -0.4 is 5.32 Å². The third-order valence-electron chi connectivity index (χ3n) is 2.88. The summed E-state index contributed by atoms with van der Waals surface area (Å²) in [6.07, 6.45) is 0.159. The fourth-order valence-corrected chi connectivity index (χ4v) is 2.27. The van der Waals surface area contributed by atoms with E-state index in [1.165, 1.54) is 37.4 Å². The largest absolute Gasteiger partial charge is 0.507 e. The number of pyridine rings is 1. The molecule has 1 aromatic heterocycles. The zero-order chi connectivity index (χ0) is 17.9. The number of carbonyl (C=O) groups is 2. The van der Waals surface area contributed by atoms with Gasteiger partial charge in [-0.05, 0) is 31.2 Å². The molecular formula is C15H11Cl3N2O4. The summed E-state index contributed by atoms with van der Waals surface area (Å²) in [6.45, 7) is 1.37. The van der Waals surface area contributed by atoms with Crippen LogP contribution in [0.3, 0.4) is 0 Å². The van der Waals surface area contributed by atoms with Crippen LogP contribution in [0.15, 0.2) is 30.5 Å². The van der Waals surface area contributed by atoms with Crippen molar-refractivity contribution in [2.45, 2.75) is 13.0 Å². The van der Waals surface area contributed by atoms with Gasteiger partial charge in [-0.2, -0.15) is 0 Å². The van der Waals surface area contributed by atoms with Crippen LogP contribution in [0.1, 0.15) is 17.3 Å². The van der Waals surface area contributed by atoms with Crippen molar-refractivity contribution >= 4 is 52.5 Å². The van der Waals surface area contributed by atoms with Crippen LogP contribution in [0.25, 0.3) is 0 Å². The van der Waals surface area contributed by atoms with Crippen LogP contribution in [-0.2, 0) is 9.53 Å². The fraction of sp³-hybridized carbons (Fsp3) is 0.133. The molecule has 0 aliphatic rings. The molecule has 1 heterocycles. The zero-order valence-electron chi connectivity index (χ0n) is 12.2. The van der Waals surface area contributed by atoms with Gasteiger partial charge in [-0.25, -0.2) is 9.78 Å². The van der Waals surface area contributed by atoms with E-state index in [9.17, 15) is 14.7 Å². The van der Waals surface area contributed by atoms with Gasteiger partial charge in [-0.15, -0.1) is 0 Å². The Kier molecular flexibility index (Phi) is 5.88. The number of hydrogen-bond donors (Lipinski definition) is 2. The standard InChI is InChI=1S/C15H11Cl3N2O4/c1-7(14(22)20-13-11(18)4-9(17)6-19-13)24-15(23)10-3-2-8(16)5-12(10)21/h2-7,21H,1H3,(H,19,20,22)/t7-/m0/s1. The second-order valence-corrected chi connectivity index (χ2v) is 5.96. The fourth-order valence-electron chi connectivity index (χ4n) is 1.68. The van der Waals surface area contributed by atoms with Crippen molar-refractivity contribution in [3.8, 4) is 5.75 Å². The number of rotatable bonds is 4. The Morgan fingerprint density at radius 1 is 1.21 bits per heavy atom. The number of halogens is 3. The lowest BCUT2D eigenvalue weighted by atomic mass is 10.2. The van der Waals surface area contributed by atoms with E-state index >= 15 is 0 Å². The third kappa shape index (κ3) is 4.50. The van der Waals surface area contributed by atoms with Gasteiger partial charge in [0.05, 0.1) is 10.0 Å². The van der Waals surface area contributed by atoms with E-state index in [1.807, 2.05) is 0 Å². The highest BCUT2D eigenvalue weighted by Crippen LogP contribution is 2.24. The number of anilines is 1. The van der Waals surface area contributed by atoms with Gasteiger partial charge in [0, 0.05) is 11.2 Å². The Morgan fingerprint density at radius 2 is 1.92 bits per heavy atom. The second-order valence-electron chi connectivity index (χ2n) is 4.68. The average molecular weight is 390 g/mol. The molecule has 24 heavy (non-hydrogen) atoms. The highest BCUT2D eigenvalue weighted by Gasteiger charge is 2.22. The first-order valence-electron chi connectivity index (χ1n) is 6.59. The van der Waals surface area contributed by atoms with Gasteiger partial charge < -0.3 is 15.2 Å². The highest BCUT2D eigenvalue weighted by atomic mass is 35.5. The molecule has 6 nitrogen and oxygen atoms in total. The van der Waals surface area contributed by atoms with Crippen LogP contribution >= 0.6 is 34.8 Å². The summed E-state index contributed by atoms with van der Waals surface area (Å²) >= 11 is 17.3. The van der Waals surface area contributed by atoms with Crippen LogP contribution in [0.2, 0.25) is 15.1 Å². The lowest BCUT2D eigenvalue weighted by Crippen LogP contribution is -2.30. The number of aromatic nitrogens is 1. The van der Waals surface area contributed by atoms with E-state index in [-0.39, 0.29) is 27.2 Å². The molecule has 0 aliphatic carbocycles. The molecule has 0 fully saturated rings. The van der Waals surface area contributed by atoms with Crippen molar-refractivity contribution in [3.05, 3.63) is 51.1 Å². The van der Waals surface area contributed by atoms with E-state index in [0.717, 1.165) is 0 Å². The summed E-state index contributed by atoms with van der Waals surface area (Å²) in [5, 5.41) is 12.8. The Morgan fingerprint density at radius 3 is 2.54 bits per heavy atom. The van der Waals surface area contributed by atoms with Crippen LogP contribution in [0.5, 0.6) is 5.75 Å². The van der Waals surface area contributed by atoms with E-state index in [2.05, 4.69) is 10.3 Å². The minimum Gasteiger partial charge on any atom is -0.507 e. The number of esters is 1. The maximum absolute atomic E-state index is 12.1. The maximum Gasteiger partial charge on any atom is 0.342 e. The van der Waals surface area contributed by atoms with Crippen molar-refractivity contribution in [1.29, 1.82) is 0 Å².